The normalized spacial score (nSPS) is 14.8. The first-order valence-corrected chi connectivity index (χ1v) is 11.0. The molecule has 1 N–H and O–H groups in total. The molecule has 3 rings (SSSR count). The van der Waals surface area contributed by atoms with Crippen molar-refractivity contribution in [1.82, 2.24) is 15.2 Å². The molecule has 0 aliphatic carbocycles. The molecule has 0 atom stereocenters. The molecule has 6 nitrogen and oxygen atoms in total. The standard InChI is InChI=1S/C24H28F3N3O3/c1-3-33-20-7-5-4-6-18(20)15-28-23(32)19-9-8-16(2)29-22(19)17-10-12-30(13-11-17)21(31)14-24(25,26)27/h4-9,17H,3,10-15H2,1-2H3,(H,28,32). The van der Waals surface area contributed by atoms with E-state index >= 15 is 0 Å². The van der Waals surface area contributed by atoms with Crippen molar-refractivity contribution >= 4 is 11.8 Å². The van der Waals surface area contributed by atoms with E-state index in [4.69, 9.17) is 4.74 Å². The lowest BCUT2D eigenvalue weighted by atomic mass is 9.89. The third-order valence-corrected chi connectivity index (χ3v) is 5.61. The summed E-state index contributed by atoms with van der Waals surface area (Å²) in [6.45, 7) is 4.93. The van der Waals surface area contributed by atoms with Crippen LogP contribution in [0.5, 0.6) is 5.75 Å². The Morgan fingerprint density at radius 3 is 2.52 bits per heavy atom. The van der Waals surface area contributed by atoms with Crippen molar-refractivity contribution in [1.29, 1.82) is 0 Å². The summed E-state index contributed by atoms with van der Waals surface area (Å²) in [5.41, 5.74) is 2.66. The van der Waals surface area contributed by atoms with Crippen LogP contribution in [0.3, 0.4) is 0 Å². The summed E-state index contributed by atoms with van der Waals surface area (Å²) in [6.07, 6.45) is -5.06. The van der Waals surface area contributed by atoms with Crippen LogP contribution in [0.1, 0.15) is 59.4 Å². The number of carbonyl (C=O) groups is 2. The molecular formula is C24H28F3N3O3. The van der Waals surface area contributed by atoms with Crippen LogP contribution in [0.4, 0.5) is 13.2 Å². The molecule has 1 fully saturated rings. The number of amides is 2. The third kappa shape index (κ3) is 6.69. The number of hydrogen-bond acceptors (Lipinski definition) is 4. The van der Waals surface area contributed by atoms with Crippen molar-refractivity contribution in [2.75, 3.05) is 19.7 Å². The molecule has 2 aromatic rings. The number of aryl methyl sites for hydroxylation is 1. The zero-order valence-corrected chi connectivity index (χ0v) is 18.7. The van der Waals surface area contributed by atoms with Crippen LogP contribution in [0.15, 0.2) is 36.4 Å². The first-order chi connectivity index (χ1) is 15.7. The van der Waals surface area contributed by atoms with Gasteiger partial charge >= 0.3 is 6.18 Å². The van der Waals surface area contributed by atoms with Crippen LogP contribution in [0.2, 0.25) is 0 Å². The van der Waals surface area contributed by atoms with Gasteiger partial charge in [-0.3, -0.25) is 14.6 Å². The molecule has 0 spiro atoms. The number of para-hydroxylation sites is 1. The lowest BCUT2D eigenvalue weighted by Gasteiger charge is -2.32. The molecule has 9 heteroatoms. The van der Waals surface area contributed by atoms with Crippen molar-refractivity contribution < 1.29 is 27.5 Å². The number of piperidine rings is 1. The number of benzene rings is 1. The quantitative estimate of drug-likeness (QED) is 0.662. The summed E-state index contributed by atoms with van der Waals surface area (Å²) in [5, 5.41) is 2.92. The molecule has 1 aliphatic rings. The van der Waals surface area contributed by atoms with Crippen LogP contribution in [-0.2, 0) is 11.3 Å². The first kappa shape index (κ1) is 24.5. The number of nitrogens with zero attached hydrogens (tertiary/aromatic N) is 2. The van der Waals surface area contributed by atoms with E-state index in [1.165, 1.54) is 4.90 Å². The Morgan fingerprint density at radius 1 is 1.15 bits per heavy atom. The molecule has 0 bridgehead atoms. The average Bonchev–Trinajstić information content (AvgIpc) is 2.77. The minimum atomic E-state index is -4.52. The number of aromatic nitrogens is 1. The molecule has 1 aromatic carbocycles. The predicted molar refractivity (Wildman–Crippen MR) is 117 cm³/mol. The van der Waals surface area contributed by atoms with Crippen molar-refractivity contribution in [2.45, 2.75) is 51.7 Å². The van der Waals surface area contributed by atoms with Crippen molar-refractivity contribution in [3.63, 3.8) is 0 Å². The summed E-state index contributed by atoms with van der Waals surface area (Å²) in [6, 6.07) is 10.9. The van der Waals surface area contributed by atoms with E-state index in [1.54, 1.807) is 12.1 Å². The zero-order chi connectivity index (χ0) is 24.0. The van der Waals surface area contributed by atoms with E-state index in [-0.39, 0.29) is 31.5 Å². The fourth-order valence-corrected chi connectivity index (χ4v) is 3.98. The van der Waals surface area contributed by atoms with E-state index in [0.29, 0.717) is 36.5 Å². The molecule has 0 saturated carbocycles. The molecular weight excluding hydrogens is 435 g/mol. The summed E-state index contributed by atoms with van der Waals surface area (Å²) >= 11 is 0. The number of pyridine rings is 1. The highest BCUT2D eigenvalue weighted by atomic mass is 19.4. The second-order valence-electron chi connectivity index (χ2n) is 8.06. The summed E-state index contributed by atoms with van der Waals surface area (Å²) in [5.74, 6) is -0.599. The Labute approximate surface area is 191 Å². The Morgan fingerprint density at radius 2 is 1.85 bits per heavy atom. The number of nitrogens with one attached hydrogen (secondary N) is 1. The fraction of sp³-hybridized carbons (Fsp3) is 0.458. The van der Waals surface area contributed by atoms with Gasteiger partial charge in [-0.05, 0) is 44.9 Å². The highest BCUT2D eigenvalue weighted by Crippen LogP contribution is 2.31. The van der Waals surface area contributed by atoms with Gasteiger partial charge in [0.1, 0.15) is 12.2 Å². The van der Waals surface area contributed by atoms with Crippen molar-refractivity contribution in [3.05, 3.63) is 58.9 Å². The number of rotatable bonds is 7. The Kier molecular flexibility index (Phi) is 7.94. The largest absolute Gasteiger partial charge is 0.494 e. The molecule has 2 heterocycles. The number of likely N-dealkylation sites (tertiary alicyclic amines) is 1. The molecule has 178 valence electrons. The Bertz CT molecular complexity index is 986. The minimum absolute atomic E-state index is 0.115. The monoisotopic (exact) mass is 463 g/mol. The van der Waals surface area contributed by atoms with Crippen LogP contribution < -0.4 is 10.1 Å². The zero-order valence-electron chi connectivity index (χ0n) is 18.7. The predicted octanol–water partition coefficient (Wildman–Crippen LogP) is 4.38. The summed E-state index contributed by atoms with van der Waals surface area (Å²) in [7, 11) is 0. The lowest BCUT2D eigenvalue weighted by Crippen LogP contribution is -2.40. The van der Waals surface area contributed by atoms with E-state index < -0.39 is 18.5 Å². The van der Waals surface area contributed by atoms with Gasteiger partial charge in [0.05, 0.1) is 17.9 Å². The van der Waals surface area contributed by atoms with E-state index in [0.717, 1.165) is 11.3 Å². The van der Waals surface area contributed by atoms with E-state index in [2.05, 4.69) is 10.3 Å². The van der Waals surface area contributed by atoms with Gasteiger partial charge in [-0.2, -0.15) is 13.2 Å². The van der Waals surface area contributed by atoms with Crippen molar-refractivity contribution in [2.24, 2.45) is 0 Å². The van der Waals surface area contributed by atoms with Crippen molar-refractivity contribution in [3.8, 4) is 5.75 Å². The Hall–Kier alpha value is -3.10. The molecule has 2 amide bonds. The molecule has 1 saturated heterocycles. The second-order valence-corrected chi connectivity index (χ2v) is 8.06. The smallest absolute Gasteiger partial charge is 0.397 e. The molecule has 1 aromatic heterocycles. The van der Waals surface area contributed by atoms with Gasteiger partial charge in [0.2, 0.25) is 5.91 Å². The van der Waals surface area contributed by atoms with Gasteiger partial charge in [-0.15, -0.1) is 0 Å². The summed E-state index contributed by atoms with van der Waals surface area (Å²) in [4.78, 5) is 30.7. The van der Waals surface area contributed by atoms with E-state index in [9.17, 15) is 22.8 Å². The topological polar surface area (TPSA) is 71.5 Å². The first-order valence-electron chi connectivity index (χ1n) is 11.0. The molecule has 33 heavy (non-hydrogen) atoms. The Balaban J connectivity index is 1.68. The molecule has 0 radical (unpaired) electrons. The third-order valence-electron chi connectivity index (χ3n) is 5.61. The maximum atomic E-state index is 13.0. The van der Waals surface area contributed by atoms with Crippen LogP contribution in [0, 0.1) is 6.92 Å². The second kappa shape index (κ2) is 10.7. The number of alkyl halides is 3. The van der Waals surface area contributed by atoms with Gasteiger partial charge in [-0.1, -0.05) is 18.2 Å². The minimum Gasteiger partial charge on any atom is -0.494 e. The SMILES string of the molecule is CCOc1ccccc1CNC(=O)c1ccc(C)nc1C1CCN(C(=O)CC(F)(F)F)CC1. The van der Waals surface area contributed by atoms with Crippen LogP contribution >= 0.6 is 0 Å². The maximum absolute atomic E-state index is 13.0. The summed E-state index contributed by atoms with van der Waals surface area (Å²) < 4.78 is 43.2. The number of halogens is 3. The number of hydrogen-bond donors (Lipinski definition) is 1. The number of carbonyl (C=O) groups excluding carboxylic acids is 2. The van der Waals surface area contributed by atoms with Gasteiger partial charge in [0.25, 0.3) is 5.91 Å². The van der Waals surface area contributed by atoms with Gasteiger partial charge in [0, 0.05) is 36.8 Å². The molecule has 0 unspecified atom stereocenters. The van der Waals surface area contributed by atoms with E-state index in [1.807, 2.05) is 38.1 Å². The number of ether oxygens (including phenoxy) is 1. The van der Waals surface area contributed by atoms with Gasteiger partial charge < -0.3 is 15.0 Å². The van der Waals surface area contributed by atoms with Gasteiger partial charge in [0.15, 0.2) is 0 Å². The highest BCUT2D eigenvalue weighted by Gasteiger charge is 2.35. The van der Waals surface area contributed by atoms with Gasteiger partial charge in [-0.25, -0.2) is 0 Å². The highest BCUT2D eigenvalue weighted by molar-refractivity contribution is 5.95. The molecule has 1 aliphatic heterocycles. The fourth-order valence-electron chi connectivity index (χ4n) is 3.98. The lowest BCUT2D eigenvalue weighted by molar-refractivity contribution is -0.162. The van der Waals surface area contributed by atoms with Crippen LogP contribution in [0.25, 0.3) is 0 Å². The maximum Gasteiger partial charge on any atom is 0.397 e. The average molecular weight is 464 g/mol. The van der Waals surface area contributed by atoms with Crippen LogP contribution in [-0.4, -0.2) is 47.6 Å².